The molecule has 154 valence electrons. The Balaban J connectivity index is 1.75. The van der Waals surface area contributed by atoms with Gasteiger partial charge in [-0.25, -0.2) is 0 Å². The summed E-state index contributed by atoms with van der Waals surface area (Å²) in [5, 5.41) is 3.50. The molecule has 0 saturated carbocycles. The van der Waals surface area contributed by atoms with Crippen LogP contribution in [0.4, 0.5) is 11.4 Å². The zero-order valence-electron chi connectivity index (χ0n) is 18.8. The summed E-state index contributed by atoms with van der Waals surface area (Å²) in [6, 6.07) is 24.0. The monoisotopic (exact) mass is 395 g/mol. The Morgan fingerprint density at radius 1 is 0.867 bits per heavy atom. The fraction of sp³-hybridized carbons (Fsp3) is 0.241. The molecule has 3 aromatic rings. The molecule has 1 N–H and O–H groups in total. The first-order valence-corrected chi connectivity index (χ1v) is 10.8. The van der Waals surface area contributed by atoms with Gasteiger partial charge >= 0.3 is 0 Å². The standard InChI is InChI=1S/C29H33N/c1-7-21(4)28-19-18-27(20-22(28)5)30-26-16-12-24(13-17-26)23-10-14-25(15-11-23)29(6,8-2)9-3/h7,10-20,30H,1,4,8-9H2,2-3,5-6H3. The average molecular weight is 396 g/mol. The Morgan fingerprint density at radius 2 is 1.40 bits per heavy atom. The van der Waals surface area contributed by atoms with Crippen LogP contribution >= 0.6 is 0 Å². The van der Waals surface area contributed by atoms with Gasteiger partial charge in [0.2, 0.25) is 0 Å². The van der Waals surface area contributed by atoms with E-state index in [1.807, 2.05) is 0 Å². The van der Waals surface area contributed by atoms with E-state index in [0.29, 0.717) is 0 Å². The summed E-state index contributed by atoms with van der Waals surface area (Å²) < 4.78 is 0. The van der Waals surface area contributed by atoms with Crippen LogP contribution in [0.1, 0.15) is 50.3 Å². The fourth-order valence-electron chi connectivity index (χ4n) is 3.85. The van der Waals surface area contributed by atoms with Gasteiger partial charge in [-0.1, -0.05) is 82.5 Å². The van der Waals surface area contributed by atoms with Gasteiger partial charge in [0.05, 0.1) is 0 Å². The zero-order valence-corrected chi connectivity index (χ0v) is 18.8. The van der Waals surface area contributed by atoms with Crippen LogP contribution in [0.5, 0.6) is 0 Å². The molecule has 0 spiro atoms. The van der Waals surface area contributed by atoms with Crippen molar-refractivity contribution in [2.24, 2.45) is 0 Å². The van der Waals surface area contributed by atoms with Gasteiger partial charge in [0.25, 0.3) is 0 Å². The van der Waals surface area contributed by atoms with Gasteiger partial charge in [-0.2, -0.15) is 0 Å². The zero-order chi connectivity index (χ0) is 21.7. The van der Waals surface area contributed by atoms with Crippen molar-refractivity contribution in [1.82, 2.24) is 0 Å². The molecule has 0 amide bonds. The molecule has 0 radical (unpaired) electrons. The number of aryl methyl sites for hydroxylation is 1. The molecular weight excluding hydrogens is 362 g/mol. The summed E-state index contributed by atoms with van der Waals surface area (Å²) in [7, 11) is 0. The second-order valence-electron chi connectivity index (χ2n) is 8.31. The van der Waals surface area contributed by atoms with Crippen molar-refractivity contribution in [3.8, 4) is 11.1 Å². The molecule has 1 nitrogen and oxygen atoms in total. The van der Waals surface area contributed by atoms with Crippen molar-refractivity contribution >= 4 is 16.9 Å². The van der Waals surface area contributed by atoms with Crippen LogP contribution in [0, 0.1) is 6.92 Å². The van der Waals surface area contributed by atoms with Crippen LogP contribution in [0.3, 0.4) is 0 Å². The summed E-state index contributed by atoms with van der Waals surface area (Å²) in [6.07, 6.45) is 4.11. The summed E-state index contributed by atoms with van der Waals surface area (Å²) in [6.45, 7) is 16.9. The highest BCUT2D eigenvalue weighted by atomic mass is 14.9. The minimum atomic E-state index is 0.262. The molecule has 0 aliphatic rings. The molecule has 0 aromatic heterocycles. The van der Waals surface area contributed by atoms with Crippen molar-refractivity contribution in [3.05, 3.63) is 103 Å². The second kappa shape index (κ2) is 9.17. The van der Waals surface area contributed by atoms with Crippen LogP contribution in [-0.4, -0.2) is 0 Å². The molecule has 0 atom stereocenters. The maximum atomic E-state index is 4.05. The van der Waals surface area contributed by atoms with Crippen LogP contribution in [0.15, 0.2) is 86.0 Å². The molecule has 0 aliphatic carbocycles. The number of hydrogen-bond donors (Lipinski definition) is 1. The smallest absolute Gasteiger partial charge is 0.0387 e. The van der Waals surface area contributed by atoms with Crippen LogP contribution in [0.25, 0.3) is 16.7 Å². The maximum absolute atomic E-state index is 4.05. The van der Waals surface area contributed by atoms with Crippen LogP contribution in [-0.2, 0) is 5.41 Å². The average Bonchev–Trinajstić information content (AvgIpc) is 2.79. The lowest BCUT2D eigenvalue weighted by Crippen LogP contribution is -2.19. The maximum Gasteiger partial charge on any atom is 0.0387 e. The largest absolute Gasteiger partial charge is 0.356 e. The molecular formula is C29H33N. The van der Waals surface area contributed by atoms with Crippen molar-refractivity contribution in [2.75, 3.05) is 5.32 Å². The van der Waals surface area contributed by atoms with Gasteiger partial charge in [0.1, 0.15) is 0 Å². The molecule has 0 fully saturated rings. The number of benzene rings is 3. The van der Waals surface area contributed by atoms with Crippen molar-refractivity contribution in [2.45, 2.75) is 46.0 Å². The Bertz CT molecular complexity index is 1020. The highest BCUT2D eigenvalue weighted by Crippen LogP contribution is 2.33. The molecule has 30 heavy (non-hydrogen) atoms. The lowest BCUT2D eigenvalue weighted by Gasteiger charge is -2.27. The molecule has 3 rings (SSSR count). The molecule has 0 bridgehead atoms. The third kappa shape index (κ3) is 4.57. The predicted octanol–water partition coefficient (Wildman–Crippen LogP) is 8.68. The highest BCUT2D eigenvalue weighted by Gasteiger charge is 2.21. The van der Waals surface area contributed by atoms with E-state index in [2.05, 4.69) is 113 Å². The molecule has 0 unspecified atom stereocenters. The van der Waals surface area contributed by atoms with Gasteiger partial charge in [0.15, 0.2) is 0 Å². The normalized spacial score (nSPS) is 11.2. The first-order valence-electron chi connectivity index (χ1n) is 10.8. The fourth-order valence-corrected chi connectivity index (χ4v) is 3.85. The Hall–Kier alpha value is -3.06. The number of allylic oxidation sites excluding steroid dienone is 2. The van der Waals surface area contributed by atoms with E-state index in [4.69, 9.17) is 0 Å². The first kappa shape index (κ1) is 21.6. The first-order chi connectivity index (χ1) is 14.4. The number of anilines is 2. The minimum absolute atomic E-state index is 0.262. The Labute approximate surface area is 182 Å². The number of nitrogens with one attached hydrogen (secondary N) is 1. The Kier molecular flexibility index (Phi) is 6.62. The van der Waals surface area contributed by atoms with E-state index in [-0.39, 0.29) is 5.41 Å². The van der Waals surface area contributed by atoms with Crippen molar-refractivity contribution < 1.29 is 0 Å². The minimum Gasteiger partial charge on any atom is -0.356 e. The van der Waals surface area contributed by atoms with Gasteiger partial charge in [-0.15, -0.1) is 0 Å². The molecule has 3 aromatic carbocycles. The number of hydrogen-bond acceptors (Lipinski definition) is 1. The van der Waals surface area contributed by atoms with Gasteiger partial charge in [-0.3, -0.25) is 0 Å². The predicted molar refractivity (Wildman–Crippen MR) is 134 cm³/mol. The molecule has 0 aliphatic heterocycles. The molecule has 0 heterocycles. The summed E-state index contributed by atoms with van der Waals surface area (Å²) in [4.78, 5) is 0. The van der Waals surface area contributed by atoms with Gasteiger partial charge < -0.3 is 5.32 Å². The second-order valence-corrected chi connectivity index (χ2v) is 8.31. The Morgan fingerprint density at radius 3 is 1.90 bits per heavy atom. The van der Waals surface area contributed by atoms with Gasteiger partial charge in [0, 0.05) is 11.4 Å². The van der Waals surface area contributed by atoms with E-state index in [1.54, 1.807) is 6.08 Å². The van der Waals surface area contributed by atoms with E-state index >= 15 is 0 Å². The molecule has 1 heteroatoms. The SMILES string of the molecule is C=CC(=C)c1ccc(Nc2ccc(-c3ccc(C(C)(CC)CC)cc3)cc2)cc1C. The van der Waals surface area contributed by atoms with Crippen molar-refractivity contribution in [1.29, 1.82) is 0 Å². The lowest BCUT2D eigenvalue weighted by atomic mass is 9.77. The van der Waals surface area contributed by atoms with E-state index < -0.39 is 0 Å². The van der Waals surface area contributed by atoms with Crippen LogP contribution < -0.4 is 5.32 Å². The lowest BCUT2D eigenvalue weighted by molar-refractivity contribution is 0.439. The molecule has 0 saturated heterocycles. The summed E-state index contributed by atoms with van der Waals surface area (Å²) in [5.41, 5.74) is 9.60. The van der Waals surface area contributed by atoms with Crippen molar-refractivity contribution in [3.63, 3.8) is 0 Å². The van der Waals surface area contributed by atoms with Gasteiger partial charge in [-0.05, 0) is 82.8 Å². The van der Waals surface area contributed by atoms with E-state index in [0.717, 1.165) is 35.4 Å². The topological polar surface area (TPSA) is 12.0 Å². The van der Waals surface area contributed by atoms with E-state index in [9.17, 15) is 0 Å². The highest BCUT2D eigenvalue weighted by molar-refractivity contribution is 5.76. The number of rotatable bonds is 8. The van der Waals surface area contributed by atoms with E-state index in [1.165, 1.54) is 22.3 Å². The third-order valence-electron chi connectivity index (χ3n) is 6.47. The van der Waals surface area contributed by atoms with Crippen LogP contribution in [0.2, 0.25) is 0 Å². The summed E-state index contributed by atoms with van der Waals surface area (Å²) in [5.74, 6) is 0. The quantitative estimate of drug-likeness (QED) is 0.376. The third-order valence-corrected chi connectivity index (χ3v) is 6.47. The summed E-state index contributed by atoms with van der Waals surface area (Å²) >= 11 is 0.